The van der Waals surface area contributed by atoms with Crippen LogP contribution in [0, 0.1) is 0 Å². The summed E-state index contributed by atoms with van der Waals surface area (Å²) in [6.07, 6.45) is 2.28. The summed E-state index contributed by atoms with van der Waals surface area (Å²) in [4.78, 5) is 14.4. The number of hydrogen-bond donors (Lipinski definition) is 1. The maximum atomic E-state index is 12.1. The molecular weight excluding hydrogens is 252 g/mol. The topological polar surface area (TPSA) is 41.6 Å². The molecule has 110 valence electrons. The summed E-state index contributed by atoms with van der Waals surface area (Å²) < 4.78 is 4.98. The normalized spacial score (nSPS) is 17.9. The number of piperidine rings is 1. The van der Waals surface area contributed by atoms with E-state index in [4.69, 9.17) is 4.74 Å². The second-order valence-corrected chi connectivity index (χ2v) is 5.41. The number of esters is 1. The molecule has 1 atom stereocenters. The van der Waals surface area contributed by atoms with Crippen LogP contribution in [0.15, 0.2) is 30.3 Å². The molecule has 1 unspecified atom stereocenters. The van der Waals surface area contributed by atoms with Crippen LogP contribution < -0.4 is 5.32 Å². The third kappa shape index (κ3) is 3.81. The number of ether oxygens (including phenoxy) is 1. The average molecular weight is 276 g/mol. The van der Waals surface area contributed by atoms with E-state index in [1.54, 1.807) is 0 Å². The first-order chi connectivity index (χ1) is 9.72. The Kier molecular flexibility index (Phi) is 5.56. The molecular formula is C16H24N2O2. The fourth-order valence-electron chi connectivity index (χ4n) is 2.83. The van der Waals surface area contributed by atoms with Gasteiger partial charge in [-0.15, -0.1) is 0 Å². The van der Waals surface area contributed by atoms with Gasteiger partial charge in [0.05, 0.1) is 13.0 Å². The van der Waals surface area contributed by atoms with Gasteiger partial charge in [0.15, 0.2) is 0 Å². The van der Waals surface area contributed by atoms with Crippen molar-refractivity contribution < 1.29 is 9.53 Å². The molecule has 0 radical (unpaired) electrons. The number of rotatable bonds is 5. The van der Waals surface area contributed by atoms with Crippen LogP contribution in [0.1, 0.15) is 24.3 Å². The van der Waals surface area contributed by atoms with Crippen molar-refractivity contribution >= 4 is 5.97 Å². The van der Waals surface area contributed by atoms with Crippen LogP contribution in [0.5, 0.6) is 0 Å². The van der Waals surface area contributed by atoms with Crippen LogP contribution >= 0.6 is 0 Å². The van der Waals surface area contributed by atoms with Crippen LogP contribution in [0.2, 0.25) is 0 Å². The van der Waals surface area contributed by atoms with E-state index >= 15 is 0 Å². The number of carbonyl (C=O) groups is 1. The van der Waals surface area contributed by atoms with E-state index in [1.165, 1.54) is 7.11 Å². The lowest BCUT2D eigenvalue weighted by molar-refractivity contribution is -0.143. The van der Waals surface area contributed by atoms with Gasteiger partial charge in [0, 0.05) is 12.6 Å². The predicted octanol–water partition coefficient (Wildman–Crippen LogP) is 1.63. The molecule has 0 amide bonds. The summed E-state index contributed by atoms with van der Waals surface area (Å²) in [5, 5.41) is 3.37. The van der Waals surface area contributed by atoms with E-state index < -0.39 is 0 Å². The van der Waals surface area contributed by atoms with E-state index in [9.17, 15) is 4.79 Å². The van der Waals surface area contributed by atoms with E-state index in [1.807, 2.05) is 30.3 Å². The predicted molar refractivity (Wildman–Crippen MR) is 79.7 cm³/mol. The first-order valence-corrected chi connectivity index (χ1v) is 7.26. The third-order valence-electron chi connectivity index (χ3n) is 4.09. The van der Waals surface area contributed by atoms with Crippen molar-refractivity contribution in [2.24, 2.45) is 0 Å². The van der Waals surface area contributed by atoms with Gasteiger partial charge in [-0.25, -0.2) is 0 Å². The number of nitrogens with one attached hydrogen (secondary N) is 1. The van der Waals surface area contributed by atoms with Crippen LogP contribution in [0.4, 0.5) is 0 Å². The molecule has 1 saturated heterocycles. The maximum Gasteiger partial charge on any atom is 0.314 e. The molecule has 0 spiro atoms. The van der Waals surface area contributed by atoms with E-state index in [0.29, 0.717) is 12.6 Å². The van der Waals surface area contributed by atoms with Crippen LogP contribution in [-0.4, -0.2) is 50.7 Å². The van der Waals surface area contributed by atoms with Crippen molar-refractivity contribution in [3.8, 4) is 0 Å². The van der Waals surface area contributed by atoms with Crippen molar-refractivity contribution in [3.05, 3.63) is 35.9 Å². The lowest BCUT2D eigenvalue weighted by Gasteiger charge is -2.33. The second kappa shape index (κ2) is 7.41. The Labute approximate surface area is 121 Å². The van der Waals surface area contributed by atoms with Crippen LogP contribution in [-0.2, 0) is 9.53 Å². The van der Waals surface area contributed by atoms with Gasteiger partial charge in [0.1, 0.15) is 0 Å². The highest BCUT2D eigenvalue weighted by atomic mass is 16.5. The minimum absolute atomic E-state index is 0.156. The second-order valence-electron chi connectivity index (χ2n) is 5.41. The largest absolute Gasteiger partial charge is 0.469 e. The summed E-state index contributed by atoms with van der Waals surface area (Å²) in [6, 6.07) is 10.4. The number of nitrogens with zero attached hydrogens (tertiary/aromatic N) is 1. The summed E-state index contributed by atoms with van der Waals surface area (Å²) in [6.45, 7) is 2.83. The summed E-state index contributed by atoms with van der Waals surface area (Å²) >= 11 is 0. The van der Waals surface area contributed by atoms with Crippen LogP contribution in [0.25, 0.3) is 0 Å². The monoisotopic (exact) mass is 276 g/mol. The Morgan fingerprint density at radius 2 is 2.00 bits per heavy atom. The molecule has 0 aliphatic carbocycles. The van der Waals surface area contributed by atoms with Crippen molar-refractivity contribution in [2.75, 3.05) is 33.8 Å². The molecule has 0 aromatic heterocycles. The minimum atomic E-state index is -0.207. The highest BCUT2D eigenvalue weighted by Gasteiger charge is 2.26. The summed E-state index contributed by atoms with van der Waals surface area (Å²) in [7, 11) is 3.57. The minimum Gasteiger partial charge on any atom is -0.469 e. The van der Waals surface area contributed by atoms with Crippen molar-refractivity contribution in [3.63, 3.8) is 0 Å². The first-order valence-electron chi connectivity index (χ1n) is 7.26. The number of benzene rings is 1. The van der Waals surface area contributed by atoms with Gasteiger partial charge in [0.25, 0.3) is 0 Å². The number of methoxy groups -OCH3 is 1. The zero-order valence-corrected chi connectivity index (χ0v) is 12.3. The van der Waals surface area contributed by atoms with Gasteiger partial charge < -0.3 is 15.0 Å². The quantitative estimate of drug-likeness (QED) is 0.830. The van der Waals surface area contributed by atoms with Crippen molar-refractivity contribution in [2.45, 2.75) is 24.8 Å². The van der Waals surface area contributed by atoms with Crippen molar-refractivity contribution in [1.82, 2.24) is 10.2 Å². The van der Waals surface area contributed by atoms with Gasteiger partial charge in [-0.2, -0.15) is 0 Å². The SMILES string of the molecule is COC(=O)C(CN(C)C1CCNCC1)c1ccccc1. The van der Waals surface area contributed by atoms with Gasteiger partial charge in [0.2, 0.25) is 0 Å². The lowest BCUT2D eigenvalue weighted by atomic mass is 9.96. The molecule has 4 nitrogen and oxygen atoms in total. The molecule has 1 N–H and O–H groups in total. The fourth-order valence-corrected chi connectivity index (χ4v) is 2.83. The molecule has 1 aromatic carbocycles. The first kappa shape index (κ1) is 15.0. The molecule has 0 bridgehead atoms. The molecule has 1 fully saturated rings. The number of likely N-dealkylation sites (N-methyl/N-ethyl adjacent to an activating group) is 1. The summed E-state index contributed by atoms with van der Waals surface area (Å²) in [5.74, 6) is -0.363. The Balaban J connectivity index is 2.05. The third-order valence-corrected chi connectivity index (χ3v) is 4.09. The molecule has 20 heavy (non-hydrogen) atoms. The Morgan fingerprint density at radius 3 is 2.60 bits per heavy atom. The fraction of sp³-hybridized carbons (Fsp3) is 0.562. The zero-order valence-electron chi connectivity index (χ0n) is 12.3. The molecule has 2 rings (SSSR count). The molecule has 0 saturated carbocycles. The number of carbonyl (C=O) groups excluding carboxylic acids is 1. The Morgan fingerprint density at radius 1 is 1.35 bits per heavy atom. The highest BCUT2D eigenvalue weighted by Crippen LogP contribution is 2.21. The van der Waals surface area contributed by atoms with Crippen molar-refractivity contribution in [1.29, 1.82) is 0 Å². The highest BCUT2D eigenvalue weighted by molar-refractivity contribution is 5.78. The Bertz CT molecular complexity index is 416. The average Bonchev–Trinajstić information content (AvgIpc) is 2.53. The van der Waals surface area contributed by atoms with Gasteiger partial charge in [-0.3, -0.25) is 4.79 Å². The molecule has 1 aliphatic heterocycles. The van der Waals surface area contributed by atoms with Crippen LogP contribution in [0.3, 0.4) is 0 Å². The molecule has 4 heteroatoms. The van der Waals surface area contributed by atoms with E-state index in [2.05, 4.69) is 17.3 Å². The lowest BCUT2D eigenvalue weighted by Crippen LogP contribution is -2.43. The molecule has 1 aliphatic rings. The molecule has 1 heterocycles. The van der Waals surface area contributed by atoms with E-state index in [0.717, 1.165) is 31.5 Å². The summed E-state index contributed by atoms with van der Waals surface area (Å²) in [5.41, 5.74) is 1.03. The van der Waals surface area contributed by atoms with Gasteiger partial charge in [-0.1, -0.05) is 30.3 Å². The smallest absolute Gasteiger partial charge is 0.314 e. The standard InChI is InChI=1S/C16H24N2O2/c1-18(14-8-10-17-11-9-14)12-15(16(19)20-2)13-6-4-3-5-7-13/h3-7,14-15,17H,8-12H2,1-2H3. The van der Waals surface area contributed by atoms with E-state index in [-0.39, 0.29) is 11.9 Å². The van der Waals surface area contributed by atoms with Gasteiger partial charge >= 0.3 is 5.97 Å². The zero-order chi connectivity index (χ0) is 14.4. The maximum absolute atomic E-state index is 12.1. The molecule has 1 aromatic rings. The number of hydrogen-bond acceptors (Lipinski definition) is 4. The Hall–Kier alpha value is -1.39. The van der Waals surface area contributed by atoms with Gasteiger partial charge in [-0.05, 0) is 38.5 Å².